The third kappa shape index (κ3) is 6.38. The van der Waals surface area contributed by atoms with E-state index in [1.165, 1.54) is 17.4 Å². The van der Waals surface area contributed by atoms with Crippen LogP contribution < -0.4 is 10.1 Å². The smallest absolute Gasteiger partial charge is 0.271 e. The van der Waals surface area contributed by atoms with E-state index in [0.29, 0.717) is 34.9 Å². The Morgan fingerprint density at radius 1 is 1.20 bits per heavy atom. The second-order valence-corrected chi connectivity index (χ2v) is 10.1. The van der Waals surface area contributed by atoms with Crippen LogP contribution in [0.2, 0.25) is 5.02 Å². The molecule has 4 rings (SSSR count). The van der Waals surface area contributed by atoms with Crippen molar-refractivity contribution < 1.29 is 18.7 Å². The molecule has 0 radical (unpaired) electrons. The van der Waals surface area contributed by atoms with Crippen LogP contribution in [-0.2, 0) is 6.54 Å². The number of carbonyl (C=O) groups is 2. The molecule has 0 saturated carbocycles. The van der Waals surface area contributed by atoms with Crippen molar-refractivity contribution in [1.82, 2.24) is 15.2 Å². The second kappa shape index (κ2) is 11.2. The molecule has 35 heavy (non-hydrogen) atoms. The normalized spacial score (nSPS) is 14.3. The molecule has 0 aliphatic carbocycles. The summed E-state index contributed by atoms with van der Waals surface area (Å²) in [4.78, 5) is 31.8. The SMILES string of the molecule is CC(C)Oc1ccc(C(=O)N2CCC(c3nc(C(=O)NCc4ccc(Cl)cc4F)cs3)CC2)cc1. The molecule has 2 amide bonds. The fourth-order valence-electron chi connectivity index (χ4n) is 3.97. The van der Waals surface area contributed by atoms with E-state index in [4.69, 9.17) is 16.3 Å². The first-order chi connectivity index (χ1) is 16.8. The molecule has 2 heterocycles. The fraction of sp³-hybridized carbons (Fsp3) is 0.346. The van der Waals surface area contributed by atoms with Crippen LogP contribution in [0.5, 0.6) is 5.75 Å². The highest BCUT2D eigenvalue weighted by Gasteiger charge is 2.27. The van der Waals surface area contributed by atoms with Crippen molar-refractivity contribution >= 4 is 34.8 Å². The number of ether oxygens (including phenoxy) is 1. The van der Waals surface area contributed by atoms with Crippen LogP contribution >= 0.6 is 22.9 Å². The van der Waals surface area contributed by atoms with Crippen molar-refractivity contribution in [2.24, 2.45) is 0 Å². The zero-order chi connectivity index (χ0) is 24.9. The number of amides is 2. The highest BCUT2D eigenvalue weighted by atomic mass is 35.5. The number of hydrogen-bond acceptors (Lipinski definition) is 5. The zero-order valence-corrected chi connectivity index (χ0v) is 21.2. The summed E-state index contributed by atoms with van der Waals surface area (Å²) in [5.74, 6) is 0.142. The minimum atomic E-state index is -0.460. The molecule has 6 nitrogen and oxygen atoms in total. The first-order valence-corrected chi connectivity index (χ1v) is 12.8. The third-order valence-corrected chi connectivity index (χ3v) is 7.06. The van der Waals surface area contributed by atoms with Crippen molar-refractivity contribution in [2.75, 3.05) is 13.1 Å². The Morgan fingerprint density at radius 3 is 2.57 bits per heavy atom. The van der Waals surface area contributed by atoms with Gasteiger partial charge in [0, 0.05) is 47.1 Å². The molecule has 184 valence electrons. The minimum absolute atomic E-state index is 0.00758. The Morgan fingerprint density at radius 2 is 1.91 bits per heavy atom. The van der Waals surface area contributed by atoms with Gasteiger partial charge in [0.15, 0.2) is 0 Å². The lowest BCUT2D eigenvalue weighted by Crippen LogP contribution is -2.37. The number of nitrogens with zero attached hydrogens (tertiary/aromatic N) is 2. The number of piperidine rings is 1. The average molecular weight is 516 g/mol. The fourth-order valence-corrected chi connectivity index (χ4v) is 5.10. The van der Waals surface area contributed by atoms with Crippen molar-refractivity contribution in [3.63, 3.8) is 0 Å². The summed E-state index contributed by atoms with van der Waals surface area (Å²) in [5.41, 5.74) is 1.32. The highest BCUT2D eigenvalue weighted by molar-refractivity contribution is 7.09. The monoisotopic (exact) mass is 515 g/mol. The molecule has 0 atom stereocenters. The molecule has 1 aliphatic rings. The minimum Gasteiger partial charge on any atom is -0.491 e. The van der Waals surface area contributed by atoms with Crippen LogP contribution in [-0.4, -0.2) is 40.9 Å². The van der Waals surface area contributed by atoms with Crippen molar-refractivity contribution in [3.8, 4) is 5.75 Å². The Bertz CT molecular complexity index is 1190. The lowest BCUT2D eigenvalue weighted by atomic mass is 9.97. The number of benzene rings is 2. The largest absolute Gasteiger partial charge is 0.491 e. The van der Waals surface area contributed by atoms with Crippen LogP contribution in [0.15, 0.2) is 47.8 Å². The molecule has 1 saturated heterocycles. The molecule has 1 N–H and O–H groups in total. The molecule has 2 aromatic carbocycles. The Balaban J connectivity index is 1.29. The van der Waals surface area contributed by atoms with Gasteiger partial charge >= 0.3 is 0 Å². The first kappa shape index (κ1) is 25.1. The van der Waals surface area contributed by atoms with Crippen LogP contribution in [0.1, 0.15) is 64.0 Å². The molecule has 0 spiro atoms. The Labute approximate surface area is 213 Å². The third-order valence-electron chi connectivity index (χ3n) is 5.81. The van der Waals surface area contributed by atoms with Gasteiger partial charge in [-0.15, -0.1) is 11.3 Å². The molecule has 9 heteroatoms. The van der Waals surface area contributed by atoms with Gasteiger partial charge in [-0.25, -0.2) is 9.37 Å². The van der Waals surface area contributed by atoms with Gasteiger partial charge in [0.1, 0.15) is 17.3 Å². The number of likely N-dealkylation sites (tertiary alicyclic amines) is 1. The van der Waals surface area contributed by atoms with Gasteiger partial charge in [-0.05, 0) is 63.1 Å². The topological polar surface area (TPSA) is 71.5 Å². The summed E-state index contributed by atoms with van der Waals surface area (Å²) in [7, 11) is 0. The summed E-state index contributed by atoms with van der Waals surface area (Å²) in [6.45, 7) is 5.24. The number of hydrogen-bond donors (Lipinski definition) is 1. The van der Waals surface area contributed by atoms with Gasteiger partial charge < -0.3 is 15.0 Å². The maximum Gasteiger partial charge on any atom is 0.271 e. The standard InChI is InChI=1S/C26H27ClFN3O3S/c1-16(2)34-21-7-4-18(5-8-21)26(33)31-11-9-17(10-12-31)25-30-23(15-35-25)24(32)29-14-19-3-6-20(27)13-22(19)28/h3-8,13,15-17H,9-12,14H2,1-2H3,(H,29,32). The summed E-state index contributed by atoms with van der Waals surface area (Å²) in [5, 5.41) is 5.62. The second-order valence-electron chi connectivity index (χ2n) is 8.75. The van der Waals surface area contributed by atoms with E-state index < -0.39 is 5.82 Å². The molecule has 0 unspecified atom stereocenters. The Kier molecular flexibility index (Phi) is 8.03. The molecular weight excluding hydrogens is 489 g/mol. The zero-order valence-electron chi connectivity index (χ0n) is 19.6. The van der Waals surface area contributed by atoms with Gasteiger partial charge in [0.25, 0.3) is 11.8 Å². The van der Waals surface area contributed by atoms with E-state index in [2.05, 4.69) is 10.3 Å². The number of thiazole rings is 1. The van der Waals surface area contributed by atoms with Crippen molar-refractivity contribution in [3.05, 3.63) is 80.5 Å². The summed E-state index contributed by atoms with van der Waals surface area (Å²) < 4.78 is 19.6. The van der Waals surface area contributed by atoms with Gasteiger partial charge in [-0.3, -0.25) is 9.59 Å². The molecule has 0 bridgehead atoms. The van der Waals surface area contributed by atoms with Gasteiger partial charge in [0.05, 0.1) is 11.1 Å². The van der Waals surface area contributed by atoms with Crippen LogP contribution in [0.25, 0.3) is 0 Å². The number of nitrogens with one attached hydrogen (secondary N) is 1. The van der Waals surface area contributed by atoms with Crippen LogP contribution in [0, 0.1) is 5.82 Å². The quantitative estimate of drug-likeness (QED) is 0.440. The highest BCUT2D eigenvalue weighted by Crippen LogP contribution is 2.31. The van der Waals surface area contributed by atoms with E-state index in [-0.39, 0.29) is 30.4 Å². The van der Waals surface area contributed by atoms with Crippen LogP contribution in [0.3, 0.4) is 0 Å². The molecule has 3 aromatic rings. The molecule has 1 aliphatic heterocycles. The number of rotatable bonds is 7. The Hall–Kier alpha value is -2.97. The van der Waals surface area contributed by atoms with Gasteiger partial charge in [0.2, 0.25) is 0 Å². The number of carbonyl (C=O) groups excluding carboxylic acids is 2. The van der Waals surface area contributed by atoms with E-state index >= 15 is 0 Å². The predicted molar refractivity (Wildman–Crippen MR) is 135 cm³/mol. The number of halogens is 2. The number of aromatic nitrogens is 1. The van der Waals surface area contributed by atoms with E-state index in [0.717, 1.165) is 23.6 Å². The van der Waals surface area contributed by atoms with E-state index in [1.807, 2.05) is 30.9 Å². The predicted octanol–water partition coefficient (Wildman–Crippen LogP) is 5.67. The van der Waals surface area contributed by atoms with Gasteiger partial charge in [-0.1, -0.05) is 17.7 Å². The maximum atomic E-state index is 13.9. The molecule has 1 fully saturated rings. The van der Waals surface area contributed by atoms with Gasteiger partial charge in [-0.2, -0.15) is 0 Å². The lowest BCUT2D eigenvalue weighted by molar-refractivity contribution is 0.0713. The summed E-state index contributed by atoms with van der Waals surface area (Å²) in [6.07, 6.45) is 1.65. The summed E-state index contributed by atoms with van der Waals surface area (Å²) in [6, 6.07) is 11.6. The molecule has 1 aromatic heterocycles. The maximum absolute atomic E-state index is 13.9. The first-order valence-electron chi connectivity index (χ1n) is 11.5. The van der Waals surface area contributed by atoms with E-state index in [1.54, 1.807) is 29.6 Å². The lowest BCUT2D eigenvalue weighted by Gasteiger charge is -2.31. The van der Waals surface area contributed by atoms with Crippen molar-refractivity contribution in [2.45, 2.75) is 45.3 Å². The summed E-state index contributed by atoms with van der Waals surface area (Å²) >= 11 is 7.21. The van der Waals surface area contributed by atoms with Crippen molar-refractivity contribution in [1.29, 1.82) is 0 Å². The molecular formula is C26H27ClFN3O3S. The van der Waals surface area contributed by atoms with E-state index in [9.17, 15) is 14.0 Å². The average Bonchev–Trinajstić information content (AvgIpc) is 3.34. The van der Waals surface area contributed by atoms with Crippen LogP contribution in [0.4, 0.5) is 4.39 Å².